The van der Waals surface area contributed by atoms with Gasteiger partial charge in [0.15, 0.2) is 5.82 Å². The van der Waals surface area contributed by atoms with E-state index in [1.54, 1.807) is 0 Å². The molecule has 0 radical (unpaired) electrons. The van der Waals surface area contributed by atoms with Crippen LogP contribution in [0.5, 0.6) is 0 Å². The van der Waals surface area contributed by atoms with Crippen molar-refractivity contribution in [3.63, 3.8) is 0 Å². The highest BCUT2D eigenvalue weighted by Gasteiger charge is 2.11. The number of nitrogens with zero attached hydrogens (tertiary/aromatic N) is 3. The molecule has 0 aliphatic heterocycles. The minimum absolute atomic E-state index is 0.135. The van der Waals surface area contributed by atoms with Crippen LogP contribution in [0.25, 0.3) is 11.5 Å². The average molecular weight is 261 g/mol. The Morgan fingerprint density at radius 2 is 2.00 bits per heavy atom. The van der Waals surface area contributed by atoms with Crippen molar-refractivity contribution in [1.29, 1.82) is 0 Å². The van der Waals surface area contributed by atoms with E-state index in [9.17, 15) is 0 Å². The number of hydrogen-bond acceptors (Lipinski definition) is 5. The molecule has 0 atom stereocenters. The molecule has 5 heteroatoms. The van der Waals surface area contributed by atoms with E-state index in [4.69, 9.17) is 9.63 Å². The van der Waals surface area contributed by atoms with Gasteiger partial charge < -0.3 is 9.63 Å². The number of aliphatic hydroxyl groups is 1. The first-order chi connectivity index (χ1) is 9.22. The van der Waals surface area contributed by atoms with Crippen molar-refractivity contribution in [1.82, 2.24) is 15.0 Å². The van der Waals surface area contributed by atoms with Crippen LogP contribution in [-0.2, 0) is 6.54 Å². The summed E-state index contributed by atoms with van der Waals surface area (Å²) >= 11 is 0. The van der Waals surface area contributed by atoms with Gasteiger partial charge >= 0.3 is 0 Å². The first-order valence-electron chi connectivity index (χ1n) is 6.45. The lowest BCUT2D eigenvalue weighted by molar-refractivity contribution is 0.192. The molecular formula is C14H19N3O2. The lowest BCUT2D eigenvalue weighted by Crippen LogP contribution is -2.26. The minimum Gasteiger partial charge on any atom is -0.395 e. The van der Waals surface area contributed by atoms with Crippen LogP contribution < -0.4 is 0 Å². The van der Waals surface area contributed by atoms with Crippen molar-refractivity contribution in [3.8, 4) is 11.5 Å². The van der Waals surface area contributed by atoms with Crippen molar-refractivity contribution in [2.24, 2.45) is 0 Å². The summed E-state index contributed by atoms with van der Waals surface area (Å²) in [5.74, 6) is 1.18. The first kappa shape index (κ1) is 13.7. The normalized spacial score (nSPS) is 11.2. The largest absolute Gasteiger partial charge is 0.395 e. The molecule has 0 aliphatic carbocycles. The molecule has 0 amide bonds. The number of benzene rings is 1. The first-order valence-corrected chi connectivity index (χ1v) is 6.45. The van der Waals surface area contributed by atoms with Crippen molar-refractivity contribution in [3.05, 3.63) is 35.7 Å². The van der Waals surface area contributed by atoms with E-state index in [2.05, 4.69) is 15.0 Å². The zero-order chi connectivity index (χ0) is 13.7. The van der Waals surface area contributed by atoms with Gasteiger partial charge in [-0.15, -0.1) is 0 Å². The summed E-state index contributed by atoms with van der Waals surface area (Å²) < 4.78 is 5.26. The van der Waals surface area contributed by atoms with Gasteiger partial charge in [-0.2, -0.15) is 4.98 Å². The van der Waals surface area contributed by atoms with Crippen LogP contribution in [0.1, 0.15) is 18.3 Å². The maximum absolute atomic E-state index is 8.95. The van der Waals surface area contributed by atoms with E-state index in [1.807, 2.05) is 38.1 Å². The van der Waals surface area contributed by atoms with E-state index in [-0.39, 0.29) is 6.61 Å². The van der Waals surface area contributed by atoms with Crippen molar-refractivity contribution >= 4 is 0 Å². The Balaban J connectivity index is 2.08. The average Bonchev–Trinajstić information content (AvgIpc) is 2.87. The molecule has 5 nitrogen and oxygen atoms in total. The van der Waals surface area contributed by atoms with E-state index in [1.165, 1.54) is 5.56 Å². The number of rotatable bonds is 6. The Bertz CT molecular complexity index is 508. The molecule has 0 fully saturated rings. The van der Waals surface area contributed by atoms with E-state index in [0.717, 1.165) is 12.1 Å². The number of likely N-dealkylation sites (N-methyl/N-ethyl adjacent to an activating group) is 1. The molecular weight excluding hydrogens is 242 g/mol. The summed E-state index contributed by atoms with van der Waals surface area (Å²) in [6, 6.07) is 7.97. The van der Waals surface area contributed by atoms with Crippen LogP contribution in [0.3, 0.4) is 0 Å². The summed E-state index contributed by atoms with van der Waals surface area (Å²) in [7, 11) is 0. The van der Waals surface area contributed by atoms with Crippen LogP contribution in [0, 0.1) is 6.92 Å². The Hall–Kier alpha value is -1.72. The zero-order valence-corrected chi connectivity index (χ0v) is 11.3. The highest BCUT2D eigenvalue weighted by Crippen LogP contribution is 2.17. The summed E-state index contributed by atoms with van der Waals surface area (Å²) in [6.45, 7) is 6.26. The minimum atomic E-state index is 0.135. The third-order valence-electron chi connectivity index (χ3n) is 3.00. The van der Waals surface area contributed by atoms with E-state index < -0.39 is 0 Å². The fraction of sp³-hybridized carbons (Fsp3) is 0.429. The van der Waals surface area contributed by atoms with Gasteiger partial charge in [0.25, 0.3) is 5.89 Å². The lowest BCUT2D eigenvalue weighted by Gasteiger charge is -2.16. The fourth-order valence-electron chi connectivity index (χ4n) is 1.82. The second-order valence-corrected chi connectivity index (χ2v) is 4.47. The van der Waals surface area contributed by atoms with Gasteiger partial charge in [-0.25, -0.2) is 0 Å². The predicted molar refractivity (Wildman–Crippen MR) is 72.5 cm³/mol. The van der Waals surface area contributed by atoms with Crippen LogP contribution in [0.2, 0.25) is 0 Å². The second kappa shape index (κ2) is 6.45. The zero-order valence-electron chi connectivity index (χ0n) is 11.3. The van der Waals surface area contributed by atoms with Gasteiger partial charge in [-0.3, -0.25) is 4.90 Å². The molecule has 1 heterocycles. The standard InChI is InChI=1S/C14H19N3O2/c1-3-17(8-9-18)10-13-15-14(19-16-13)12-6-4-11(2)5-7-12/h4-7,18H,3,8-10H2,1-2H3. The number of aromatic nitrogens is 2. The summed E-state index contributed by atoms with van der Waals surface area (Å²) in [4.78, 5) is 6.44. The Labute approximate surface area is 112 Å². The molecule has 0 bridgehead atoms. The third kappa shape index (κ3) is 3.62. The molecule has 0 spiro atoms. The summed E-state index contributed by atoms with van der Waals surface area (Å²) in [6.07, 6.45) is 0. The molecule has 102 valence electrons. The molecule has 0 saturated carbocycles. The quantitative estimate of drug-likeness (QED) is 0.860. The molecule has 2 aromatic rings. The number of hydrogen-bond donors (Lipinski definition) is 1. The molecule has 1 aromatic heterocycles. The number of aliphatic hydroxyl groups excluding tert-OH is 1. The smallest absolute Gasteiger partial charge is 0.257 e. The van der Waals surface area contributed by atoms with Crippen LogP contribution >= 0.6 is 0 Å². The molecule has 0 saturated heterocycles. The molecule has 19 heavy (non-hydrogen) atoms. The summed E-state index contributed by atoms with van der Waals surface area (Å²) in [5, 5.41) is 12.9. The van der Waals surface area contributed by atoms with Crippen molar-refractivity contribution in [2.45, 2.75) is 20.4 Å². The van der Waals surface area contributed by atoms with Gasteiger partial charge in [0, 0.05) is 12.1 Å². The van der Waals surface area contributed by atoms with Crippen LogP contribution in [0.15, 0.2) is 28.8 Å². The monoisotopic (exact) mass is 261 g/mol. The maximum Gasteiger partial charge on any atom is 0.257 e. The van der Waals surface area contributed by atoms with Gasteiger partial charge in [0.1, 0.15) is 0 Å². The molecule has 2 rings (SSSR count). The van der Waals surface area contributed by atoms with Gasteiger partial charge in [0.05, 0.1) is 13.2 Å². The van der Waals surface area contributed by atoms with Gasteiger partial charge in [0.2, 0.25) is 0 Å². The fourth-order valence-corrected chi connectivity index (χ4v) is 1.82. The Morgan fingerprint density at radius 3 is 2.63 bits per heavy atom. The number of aryl methyl sites for hydroxylation is 1. The molecule has 1 aromatic carbocycles. The predicted octanol–water partition coefficient (Wildman–Crippen LogP) is 1.86. The third-order valence-corrected chi connectivity index (χ3v) is 3.00. The van der Waals surface area contributed by atoms with Gasteiger partial charge in [-0.05, 0) is 25.6 Å². The van der Waals surface area contributed by atoms with Crippen LogP contribution in [0.4, 0.5) is 0 Å². The second-order valence-electron chi connectivity index (χ2n) is 4.47. The molecule has 1 N–H and O–H groups in total. The van der Waals surface area contributed by atoms with Crippen LogP contribution in [-0.4, -0.2) is 39.8 Å². The van der Waals surface area contributed by atoms with E-state index >= 15 is 0 Å². The highest BCUT2D eigenvalue weighted by molar-refractivity contribution is 5.53. The lowest BCUT2D eigenvalue weighted by atomic mass is 10.1. The topological polar surface area (TPSA) is 62.4 Å². The van der Waals surface area contributed by atoms with Crippen molar-refractivity contribution in [2.75, 3.05) is 19.7 Å². The SMILES string of the molecule is CCN(CCO)Cc1noc(-c2ccc(C)cc2)n1. The maximum atomic E-state index is 8.95. The Morgan fingerprint density at radius 1 is 1.26 bits per heavy atom. The molecule has 0 unspecified atom stereocenters. The van der Waals surface area contributed by atoms with Gasteiger partial charge in [-0.1, -0.05) is 29.8 Å². The van der Waals surface area contributed by atoms with Crippen molar-refractivity contribution < 1.29 is 9.63 Å². The Kier molecular flexibility index (Phi) is 4.65. The summed E-state index contributed by atoms with van der Waals surface area (Å²) in [5.41, 5.74) is 2.12. The highest BCUT2D eigenvalue weighted by atomic mass is 16.5. The molecule has 0 aliphatic rings. The van der Waals surface area contributed by atoms with E-state index in [0.29, 0.717) is 24.8 Å².